The molecular formula is C8H14N2O. The number of ether oxygens (including phenoxy) is 1. The Balaban J connectivity index is 1.78. The zero-order valence-electron chi connectivity index (χ0n) is 9.29. The number of rotatable bonds is 1. The van der Waals surface area contributed by atoms with Crippen LogP contribution in [0.2, 0.25) is 0 Å². The number of fused-ring (bicyclic) bond motifs is 1. The Morgan fingerprint density at radius 3 is 3.45 bits per heavy atom. The van der Waals surface area contributed by atoms with E-state index in [-0.39, 0.29) is 18.2 Å². The van der Waals surface area contributed by atoms with E-state index in [1.165, 1.54) is 0 Å². The van der Waals surface area contributed by atoms with Crippen LogP contribution in [0.1, 0.15) is 10.5 Å². The van der Waals surface area contributed by atoms with Crippen molar-refractivity contribution < 1.29 is 8.85 Å². The first kappa shape index (κ1) is 4.21. The van der Waals surface area contributed by atoms with Gasteiger partial charge in [-0.1, -0.05) is 0 Å². The van der Waals surface area contributed by atoms with Gasteiger partial charge in [0.25, 0.3) is 0 Å². The molecule has 2 bridgehead atoms. The third kappa shape index (κ3) is 0.643. The highest BCUT2D eigenvalue weighted by atomic mass is 16.5. The SMILES string of the molecule is [2H]C([2H])([2H])N[C@@H]1[C@H]2C3CCN2C[C@H]1O3. The largest absolute Gasteiger partial charge is 0.370 e. The molecule has 0 aromatic rings. The zero-order chi connectivity index (χ0) is 9.92. The van der Waals surface area contributed by atoms with Crippen molar-refractivity contribution >= 4 is 0 Å². The first-order valence-corrected chi connectivity index (χ1v) is 4.22. The summed E-state index contributed by atoms with van der Waals surface area (Å²) in [6.45, 7) is -0.0836. The van der Waals surface area contributed by atoms with Crippen molar-refractivity contribution in [3.05, 3.63) is 0 Å². The van der Waals surface area contributed by atoms with E-state index in [1.54, 1.807) is 0 Å². The number of hydrogen-bond donors (Lipinski definition) is 1. The summed E-state index contributed by atoms with van der Waals surface area (Å²) in [5.74, 6) is 0. The van der Waals surface area contributed by atoms with Crippen LogP contribution in [-0.2, 0) is 4.74 Å². The Bertz CT molecular complexity index is 243. The van der Waals surface area contributed by atoms with Crippen molar-refractivity contribution in [2.24, 2.45) is 0 Å². The van der Waals surface area contributed by atoms with Crippen molar-refractivity contribution in [3.63, 3.8) is 0 Å². The summed E-state index contributed by atoms with van der Waals surface area (Å²) >= 11 is 0. The third-order valence-electron chi connectivity index (χ3n) is 3.20. The van der Waals surface area contributed by atoms with Crippen molar-refractivity contribution in [2.75, 3.05) is 20.1 Å². The lowest BCUT2D eigenvalue weighted by molar-refractivity contribution is 0.00833. The molecular weight excluding hydrogens is 140 g/mol. The topological polar surface area (TPSA) is 24.5 Å². The van der Waals surface area contributed by atoms with Gasteiger partial charge in [0, 0.05) is 17.2 Å². The van der Waals surface area contributed by atoms with Gasteiger partial charge >= 0.3 is 0 Å². The van der Waals surface area contributed by atoms with E-state index in [1.807, 2.05) is 0 Å². The summed E-state index contributed by atoms with van der Waals surface area (Å²) in [6.07, 6.45) is 1.42. The maximum Gasteiger partial charge on any atom is 0.0875 e. The minimum atomic E-state index is -2.04. The lowest BCUT2D eigenvalue weighted by Gasteiger charge is -2.21. The molecule has 0 aromatic heterocycles. The van der Waals surface area contributed by atoms with Crippen LogP contribution in [0.5, 0.6) is 0 Å². The van der Waals surface area contributed by atoms with E-state index in [4.69, 9.17) is 8.85 Å². The maximum atomic E-state index is 7.20. The van der Waals surface area contributed by atoms with Crippen molar-refractivity contribution in [3.8, 4) is 0 Å². The molecule has 0 radical (unpaired) electrons. The van der Waals surface area contributed by atoms with Crippen LogP contribution in [0, 0.1) is 0 Å². The molecule has 11 heavy (non-hydrogen) atoms. The first-order valence-electron chi connectivity index (χ1n) is 5.72. The second-order valence-corrected chi connectivity index (χ2v) is 3.66. The smallest absolute Gasteiger partial charge is 0.0875 e. The number of nitrogens with zero attached hydrogens (tertiary/aromatic N) is 1. The van der Waals surface area contributed by atoms with E-state index < -0.39 is 6.98 Å². The molecule has 0 aliphatic carbocycles. The first-order chi connectivity index (χ1) is 6.54. The van der Waals surface area contributed by atoms with Crippen LogP contribution in [0.3, 0.4) is 0 Å². The van der Waals surface area contributed by atoms with Gasteiger partial charge in [-0.25, -0.2) is 0 Å². The lowest BCUT2D eigenvalue weighted by Crippen LogP contribution is -2.40. The van der Waals surface area contributed by atoms with Gasteiger partial charge in [-0.3, -0.25) is 4.90 Å². The van der Waals surface area contributed by atoms with Crippen LogP contribution < -0.4 is 5.32 Å². The van der Waals surface area contributed by atoms with Crippen LogP contribution in [0.15, 0.2) is 0 Å². The molecule has 1 unspecified atom stereocenters. The highest BCUT2D eigenvalue weighted by Crippen LogP contribution is 2.39. The van der Waals surface area contributed by atoms with Gasteiger partial charge in [-0.2, -0.15) is 0 Å². The highest BCUT2D eigenvalue weighted by molar-refractivity contribution is 5.11. The normalized spacial score (nSPS) is 59.5. The molecule has 1 N–H and O–H groups in total. The molecule has 0 saturated carbocycles. The molecule has 3 fully saturated rings. The van der Waals surface area contributed by atoms with Gasteiger partial charge < -0.3 is 10.1 Å². The summed E-state index contributed by atoms with van der Waals surface area (Å²) in [5, 5.41) is 2.71. The Morgan fingerprint density at radius 1 is 1.64 bits per heavy atom. The Labute approximate surface area is 70.9 Å². The summed E-state index contributed by atoms with van der Waals surface area (Å²) < 4.78 is 27.4. The Kier molecular flexibility index (Phi) is 0.755. The van der Waals surface area contributed by atoms with Gasteiger partial charge in [0.1, 0.15) is 0 Å². The molecule has 3 heterocycles. The predicted octanol–water partition coefficient (Wildman–Crippen LogP) is -0.570. The fraction of sp³-hybridized carbons (Fsp3) is 1.00. The second-order valence-electron chi connectivity index (χ2n) is 3.66. The van der Waals surface area contributed by atoms with Crippen molar-refractivity contribution in [1.82, 2.24) is 10.2 Å². The Hall–Kier alpha value is -0.120. The number of hydrogen-bond acceptors (Lipinski definition) is 3. The Morgan fingerprint density at radius 2 is 2.64 bits per heavy atom. The van der Waals surface area contributed by atoms with E-state index in [9.17, 15) is 0 Å². The van der Waals surface area contributed by atoms with E-state index in [0.29, 0.717) is 6.04 Å². The molecule has 4 atom stereocenters. The molecule has 0 aromatic carbocycles. The minimum absolute atomic E-state index is 0.00926. The third-order valence-corrected chi connectivity index (χ3v) is 3.20. The van der Waals surface area contributed by atoms with E-state index >= 15 is 0 Å². The van der Waals surface area contributed by atoms with Gasteiger partial charge in [0.05, 0.1) is 24.3 Å². The number of likely N-dealkylation sites (N-methyl/N-ethyl adjacent to an activating group) is 1. The fourth-order valence-corrected chi connectivity index (χ4v) is 2.76. The van der Waals surface area contributed by atoms with Crippen molar-refractivity contribution in [1.29, 1.82) is 0 Å². The lowest BCUT2D eigenvalue weighted by atomic mass is 10.1. The minimum Gasteiger partial charge on any atom is -0.370 e. The van der Waals surface area contributed by atoms with Gasteiger partial charge in [-0.05, 0) is 13.4 Å². The van der Waals surface area contributed by atoms with Crippen LogP contribution >= 0.6 is 0 Å². The zero-order valence-corrected chi connectivity index (χ0v) is 6.29. The van der Waals surface area contributed by atoms with Crippen LogP contribution in [0.4, 0.5) is 0 Å². The molecule has 3 saturated heterocycles. The van der Waals surface area contributed by atoms with Gasteiger partial charge in [-0.15, -0.1) is 0 Å². The predicted molar refractivity (Wildman–Crippen MR) is 41.5 cm³/mol. The number of nitrogens with one attached hydrogen (secondary N) is 1. The van der Waals surface area contributed by atoms with Crippen LogP contribution in [0.25, 0.3) is 0 Å². The average Bonchev–Trinajstić information content (AvgIpc) is 2.58. The maximum absolute atomic E-state index is 7.20. The molecule has 3 heteroatoms. The highest BCUT2D eigenvalue weighted by Gasteiger charge is 2.56. The molecule has 62 valence electrons. The fourth-order valence-electron chi connectivity index (χ4n) is 2.76. The summed E-state index contributed by atoms with van der Waals surface area (Å²) in [4.78, 5) is 2.35. The molecule has 0 amide bonds. The van der Waals surface area contributed by atoms with E-state index in [2.05, 4.69) is 10.2 Å². The molecule has 3 aliphatic rings. The number of morpholine rings is 1. The summed E-state index contributed by atoms with van der Waals surface area (Å²) in [5.41, 5.74) is 0. The van der Waals surface area contributed by atoms with E-state index in [0.717, 1.165) is 19.5 Å². The van der Waals surface area contributed by atoms with Gasteiger partial charge in [0.2, 0.25) is 0 Å². The monoisotopic (exact) mass is 157 g/mol. The molecule has 3 rings (SSSR count). The summed E-state index contributed by atoms with van der Waals surface area (Å²) in [6, 6.07) is 0.315. The van der Waals surface area contributed by atoms with Crippen molar-refractivity contribution in [2.45, 2.75) is 30.7 Å². The standard InChI is InChI=1S/C8H14N2O/c1-9-7-6-4-10-3-2-5(11-6)8(7)10/h5-9H,2-4H2,1H3/t5?,6-,7+,8-/m1/s1/i1D3. The molecule has 3 nitrogen and oxygen atoms in total. The summed E-state index contributed by atoms with van der Waals surface area (Å²) in [7, 11) is 0. The molecule has 3 aliphatic heterocycles. The quantitative estimate of drug-likeness (QED) is 0.551. The van der Waals surface area contributed by atoms with Crippen LogP contribution in [-0.4, -0.2) is 49.3 Å². The second kappa shape index (κ2) is 1.97. The molecule has 0 spiro atoms. The van der Waals surface area contributed by atoms with Gasteiger partial charge in [0.15, 0.2) is 0 Å². The average molecular weight is 157 g/mol.